The predicted octanol–water partition coefficient (Wildman–Crippen LogP) is 13.4. The maximum absolute atomic E-state index is 14.4. The van der Waals surface area contributed by atoms with Crippen LogP contribution in [0.25, 0.3) is 0 Å². The lowest BCUT2D eigenvalue weighted by Gasteiger charge is -2.45. The highest BCUT2D eigenvalue weighted by Crippen LogP contribution is 2.51. The normalized spacial score (nSPS) is 18.0. The van der Waals surface area contributed by atoms with Crippen LogP contribution in [0, 0.1) is 11.7 Å². The Bertz CT molecular complexity index is 2560. The minimum atomic E-state index is -0.454. The number of carbonyl (C=O) groups excluding carboxylic acids is 1. The summed E-state index contributed by atoms with van der Waals surface area (Å²) in [5.74, 6) is 2.20. The molecule has 4 unspecified atom stereocenters. The fraction of sp³-hybridized carbons (Fsp3) is 0.312. The lowest BCUT2D eigenvalue weighted by atomic mass is 9.74. The summed E-state index contributed by atoms with van der Waals surface area (Å²) < 4.78 is 13.2. The molecule has 376 valence electrons. The Kier molecular flexibility index (Phi) is 18.3. The molecule has 9 rings (SSSR count). The van der Waals surface area contributed by atoms with Crippen LogP contribution in [0.5, 0.6) is 0 Å². The lowest BCUT2D eigenvalue weighted by Crippen LogP contribution is -2.49. The number of oxime groups is 1. The molecule has 73 heavy (non-hydrogen) atoms. The SMILES string of the molecule is CON=CCCC1C(c2ccc(F)cc2)CC2CCC1N2CCCN(CCSC(c1ccccc1)(c1ccccc1)c1ccccc1)CC(=O)NCCSC(c1ccccc1)(c1ccccc1)c1ccccc1. The molecule has 2 fully saturated rings. The molecule has 0 aromatic heterocycles. The molecule has 9 heteroatoms. The molecule has 4 atom stereocenters. The van der Waals surface area contributed by atoms with Crippen LogP contribution in [0.3, 0.4) is 0 Å². The second-order valence-electron chi connectivity index (χ2n) is 19.4. The predicted molar refractivity (Wildman–Crippen MR) is 303 cm³/mol. The van der Waals surface area contributed by atoms with Crippen molar-refractivity contribution in [1.82, 2.24) is 15.1 Å². The van der Waals surface area contributed by atoms with Crippen LogP contribution in [0.15, 0.2) is 211 Å². The number of hydrogen-bond donors (Lipinski definition) is 1. The van der Waals surface area contributed by atoms with E-state index in [1.807, 2.05) is 41.9 Å². The van der Waals surface area contributed by atoms with E-state index in [0.717, 1.165) is 63.2 Å². The third-order valence-electron chi connectivity index (χ3n) is 15.1. The Morgan fingerprint density at radius 1 is 0.658 bits per heavy atom. The van der Waals surface area contributed by atoms with Gasteiger partial charge in [0.1, 0.15) is 12.9 Å². The quantitative estimate of drug-likeness (QED) is 0.0266. The summed E-state index contributed by atoms with van der Waals surface area (Å²) in [6.07, 6.45) is 8.08. The molecule has 1 amide bonds. The van der Waals surface area contributed by atoms with E-state index in [-0.39, 0.29) is 11.7 Å². The highest BCUT2D eigenvalue weighted by atomic mass is 32.2. The monoisotopic (exact) mass is 1010 g/mol. The zero-order valence-electron chi connectivity index (χ0n) is 42.1. The largest absolute Gasteiger partial charge is 0.399 e. The number of nitrogens with one attached hydrogen (secondary N) is 1. The maximum atomic E-state index is 14.4. The van der Waals surface area contributed by atoms with Crippen molar-refractivity contribution in [3.8, 4) is 0 Å². The number of piperidine rings is 1. The number of hydrogen-bond acceptors (Lipinski definition) is 7. The van der Waals surface area contributed by atoms with E-state index < -0.39 is 9.49 Å². The summed E-state index contributed by atoms with van der Waals surface area (Å²) in [5, 5.41) is 7.46. The van der Waals surface area contributed by atoms with E-state index in [4.69, 9.17) is 4.84 Å². The average Bonchev–Trinajstić information content (AvgIpc) is 3.74. The van der Waals surface area contributed by atoms with Gasteiger partial charge in [-0.2, -0.15) is 0 Å². The Morgan fingerprint density at radius 2 is 1.12 bits per heavy atom. The van der Waals surface area contributed by atoms with Crippen LogP contribution < -0.4 is 5.32 Å². The summed E-state index contributed by atoms with van der Waals surface area (Å²) in [4.78, 5) is 24.6. The minimum absolute atomic E-state index is 0.0498. The summed E-state index contributed by atoms with van der Waals surface area (Å²) in [7, 11) is 1.59. The maximum Gasteiger partial charge on any atom is 0.234 e. The molecule has 2 saturated heterocycles. The number of amides is 1. The smallest absolute Gasteiger partial charge is 0.234 e. The van der Waals surface area contributed by atoms with E-state index in [9.17, 15) is 9.18 Å². The fourth-order valence-corrected chi connectivity index (χ4v) is 14.9. The second-order valence-corrected chi connectivity index (χ2v) is 22.0. The van der Waals surface area contributed by atoms with Crippen molar-refractivity contribution in [1.29, 1.82) is 0 Å². The van der Waals surface area contributed by atoms with Gasteiger partial charge in [0.05, 0.1) is 16.0 Å². The average molecular weight is 1010 g/mol. The van der Waals surface area contributed by atoms with Crippen molar-refractivity contribution in [2.75, 3.05) is 51.3 Å². The van der Waals surface area contributed by atoms with Crippen LogP contribution >= 0.6 is 23.5 Å². The summed E-state index contributed by atoms with van der Waals surface area (Å²) in [6, 6.07) is 73.1. The van der Waals surface area contributed by atoms with Gasteiger partial charge >= 0.3 is 0 Å². The van der Waals surface area contributed by atoms with E-state index in [0.29, 0.717) is 37.0 Å². The van der Waals surface area contributed by atoms with Crippen molar-refractivity contribution in [2.24, 2.45) is 11.1 Å². The zero-order chi connectivity index (χ0) is 50.1. The number of nitrogens with zero attached hydrogens (tertiary/aromatic N) is 3. The molecular formula is C64H69FN4O2S2. The van der Waals surface area contributed by atoms with E-state index in [2.05, 4.69) is 202 Å². The van der Waals surface area contributed by atoms with Gasteiger partial charge < -0.3 is 10.2 Å². The van der Waals surface area contributed by atoms with Gasteiger partial charge in [0.15, 0.2) is 0 Å². The Morgan fingerprint density at radius 3 is 1.59 bits per heavy atom. The van der Waals surface area contributed by atoms with Crippen LogP contribution in [0.2, 0.25) is 0 Å². The van der Waals surface area contributed by atoms with Crippen LogP contribution in [-0.4, -0.2) is 85.3 Å². The molecule has 2 bridgehead atoms. The Hall–Kier alpha value is -5.97. The van der Waals surface area contributed by atoms with E-state index >= 15 is 0 Å². The fourth-order valence-electron chi connectivity index (χ4n) is 11.9. The van der Waals surface area contributed by atoms with Gasteiger partial charge in [-0.1, -0.05) is 199 Å². The molecule has 0 spiro atoms. The van der Waals surface area contributed by atoms with Crippen LogP contribution in [0.1, 0.15) is 83.4 Å². The van der Waals surface area contributed by atoms with Crippen molar-refractivity contribution in [3.63, 3.8) is 0 Å². The number of fused-ring (bicyclic) bond motifs is 2. The molecule has 1 N–H and O–H groups in total. The molecule has 7 aromatic rings. The van der Waals surface area contributed by atoms with Gasteiger partial charge in [0.25, 0.3) is 0 Å². The first-order valence-corrected chi connectivity index (χ1v) is 28.1. The summed E-state index contributed by atoms with van der Waals surface area (Å²) in [6.45, 7) is 3.39. The zero-order valence-corrected chi connectivity index (χ0v) is 43.7. The van der Waals surface area contributed by atoms with Gasteiger partial charge in [-0.3, -0.25) is 14.6 Å². The molecular weight excluding hydrogens is 940 g/mol. The first-order valence-electron chi connectivity index (χ1n) is 26.2. The van der Waals surface area contributed by atoms with Crippen molar-refractivity contribution >= 4 is 35.6 Å². The topological polar surface area (TPSA) is 57.2 Å². The highest BCUT2D eigenvalue weighted by molar-refractivity contribution is 8.00. The minimum Gasteiger partial charge on any atom is -0.399 e. The van der Waals surface area contributed by atoms with Gasteiger partial charge in [0, 0.05) is 42.9 Å². The highest BCUT2D eigenvalue weighted by Gasteiger charge is 2.47. The Balaban J connectivity index is 0.931. The molecule has 2 aliphatic heterocycles. The molecule has 2 aliphatic rings. The van der Waals surface area contributed by atoms with Crippen molar-refractivity contribution in [2.45, 2.75) is 66.0 Å². The molecule has 6 nitrogen and oxygen atoms in total. The third-order valence-corrected chi connectivity index (χ3v) is 18.2. The number of benzene rings is 7. The number of rotatable bonds is 25. The van der Waals surface area contributed by atoms with Gasteiger partial charge in [0.2, 0.25) is 5.91 Å². The molecule has 0 radical (unpaired) electrons. The van der Waals surface area contributed by atoms with Crippen LogP contribution in [-0.2, 0) is 19.1 Å². The molecule has 0 aliphatic carbocycles. The summed E-state index contributed by atoms with van der Waals surface area (Å²) in [5.41, 5.74) is 8.58. The number of halogens is 1. The molecule has 7 aromatic carbocycles. The second kappa shape index (κ2) is 25.8. The number of thioether (sulfide) groups is 2. The van der Waals surface area contributed by atoms with E-state index in [1.165, 1.54) is 45.4 Å². The van der Waals surface area contributed by atoms with Crippen molar-refractivity contribution in [3.05, 3.63) is 251 Å². The van der Waals surface area contributed by atoms with Crippen LogP contribution in [0.4, 0.5) is 4.39 Å². The van der Waals surface area contributed by atoms with Gasteiger partial charge in [-0.05, 0) is 115 Å². The number of carbonyl (C=O) groups is 1. The third kappa shape index (κ3) is 12.4. The Labute approximate surface area is 441 Å². The van der Waals surface area contributed by atoms with Gasteiger partial charge in [-0.25, -0.2) is 4.39 Å². The van der Waals surface area contributed by atoms with Crippen molar-refractivity contribution < 1.29 is 14.0 Å². The molecule has 0 saturated carbocycles. The first-order chi connectivity index (χ1) is 36.0. The summed E-state index contributed by atoms with van der Waals surface area (Å²) >= 11 is 3.83. The standard InChI is InChI=1S/C64H69FN4O2S2/c1-71-67-41-20-34-59-60(50-35-37-57(65)38-36-50)48-58-39-40-61(59)69(58)44-21-43-68(45-47-73-64(54-28-14-5-15-29-54,55-30-16-6-17-31-55)56-32-18-7-19-33-56)49-62(70)66-42-46-72-63(51-22-8-2-9-23-51,52-24-10-3-11-25-52)53-26-12-4-13-27-53/h2-19,22-33,35-38,41,58-61H,20-21,34,39-40,42-49H2,1H3,(H,66,70). The molecule has 2 heterocycles. The first kappa shape index (κ1) is 51.9. The van der Waals surface area contributed by atoms with Gasteiger partial charge in [-0.15, -0.1) is 23.5 Å². The van der Waals surface area contributed by atoms with E-state index in [1.54, 1.807) is 19.2 Å². The lowest BCUT2D eigenvalue weighted by molar-refractivity contribution is -0.122.